The van der Waals surface area contributed by atoms with Gasteiger partial charge in [0.1, 0.15) is 6.33 Å². The Morgan fingerprint density at radius 1 is 1.57 bits per heavy atom. The summed E-state index contributed by atoms with van der Waals surface area (Å²) < 4.78 is 1.74. The van der Waals surface area contributed by atoms with Gasteiger partial charge in [0, 0.05) is 26.1 Å². The van der Waals surface area contributed by atoms with Crippen LogP contribution in [0.25, 0.3) is 0 Å². The van der Waals surface area contributed by atoms with Crippen LogP contribution in [0.15, 0.2) is 6.33 Å². The molecule has 1 rings (SSSR count). The van der Waals surface area contributed by atoms with Gasteiger partial charge in [0.25, 0.3) is 0 Å². The number of hydrogen-bond acceptors (Lipinski definition) is 3. The van der Waals surface area contributed by atoms with Gasteiger partial charge in [-0.15, -0.1) is 0 Å². The Kier molecular flexibility index (Phi) is 4.59. The first-order chi connectivity index (χ1) is 6.72. The molecule has 0 spiro atoms. The molecule has 0 saturated heterocycles. The van der Waals surface area contributed by atoms with Gasteiger partial charge in [-0.3, -0.25) is 4.68 Å². The Bertz CT molecular complexity index is 256. The van der Waals surface area contributed by atoms with Crippen LogP contribution in [0.1, 0.15) is 32.5 Å². The second-order valence-electron chi connectivity index (χ2n) is 3.73. The first kappa shape index (κ1) is 11.2. The van der Waals surface area contributed by atoms with Crippen molar-refractivity contribution in [2.75, 3.05) is 6.54 Å². The van der Waals surface area contributed by atoms with E-state index in [0.717, 1.165) is 18.8 Å². The first-order valence-electron chi connectivity index (χ1n) is 5.30. The van der Waals surface area contributed by atoms with Gasteiger partial charge in [0.2, 0.25) is 0 Å². The van der Waals surface area contributed by atoms with E-state index in [1.807, 2.05) is 7.05 Å². The summed E-state index contributed by atoms with van der Waals surface area (Å²) in [5.74, 6) is 0.920. The van der Waals surface area contributed by atoms with E-state index in [9.17, 15) is 0 Å². The quantitative estimate of drug-likeness (QED) is 0.742. The van der Waals surface area contributed by atoms with E-state index in [4.69, 9.17) is 0 Å². The summed E-state index contributed by atoms with van der Waals surface area (Å²) in [6.07, 6.45) is 5.12. The summed E-state index contributed by atoms with van der Waals surface area (Å²) in [5, 5.41) is 7.67. The molecule has 1 unspecified atom stereocenters. The molecular formula is C10H20N4. The van der Waals surface area contributed by atoms with Gasteiger partial charge in [0.05, 0.1) is 0 Å². The molecule has 1 aromatic heterocycles. The lowest BCUT2D eigenvalue weighted by Gasteiger charge is -2.10. The molecule has 0 aliphatic rings. The average molecular weight is 196 g/mol. The van der Waals surface area contributed by atoms with Gasteiger partial charge < -0.3 is 5.32 Å². The summed E-state index contributed by atoms with van der Waals surface area (Å²) in [6, 6.07) is 0.601. The average Bonchev–Trinajstić information content (AvgIpc) is 2.52. The van der Waals surface area contributed by atoms with Crippen LogP contribution < -0.4 is 5.32 Å². The predicted octanol–water partition coefficient (Wildman–Crippen LogP) is 1.14. The van der Waals surface area contributed by atoms with Gasteiger partial charge in [0.15, 0.2) is 5.82 Å². The molecule has 0 aliphatic heterocycles. The SMILES string of the molecule is CCCC(C)NCCc1ncn(C)n1. The maximum absolute atomic E-state index is 4.22. The summed E-state index contributed by atoms with van der Waals surface area (Å²) >= 11 is 0. The lowest BCUT2D eigenvalue weighted by molar-refractivity contribution is 0.508. The zero-order chi connectivity index (χ0) is 10.4. The molecule has 1 heterocycles. The molecule has 1 N–H and O–H groups in total. The minimum Gasteiger partial charge on any atom is -0.314 e. The predicted molar refractivity (Wildman–Crippen MR) is 57.1 cm³/mol. The first-order valence-corrected chi connectivity index (χ1v) is 5.30. The Morgan fingerprint density at radius 3 is 2.93 bits per heavy atom. The summed E-state index contributed by atoms with van der Waals surface area (Å²) in [7, 11) is 1.89. The molecule has 0 aromatic carbocycles. The zero-order valence-electron chi connectivity index (χ0n) is 9.32. The third-order valence-corrected chi connectivity index (χ3v) is 2.21. The fourth-order valence-corrected chi connectivity index (χ4v) is 1.46. The molecule has 0 amide bonds. The number of rotatable bonds is 6. The van der Waals surface area contributed by atoms with Crippen molar-refractivity contribution in [1.82, 2.24) is 20.1 Å². The second kappa shape index (κ2) is 5.75. The minimum atomic E-state index is 0.601. The molecule has 0 radical (unpaired) electrons. The topological polar surface area (TPSA) is 42.7 Å². The van der Waals surface area contributed by atoms with E-state index in [1.165, 1.54) is 12.8 Å². The number of nitrogens with zero attached hydrogens (tertiary/aromatic N) is 3. The van der Waals surface area contributed by atoms with E-state index in [0.29, 0.717) is 6.04 Å². The minimum absolute atomic E-state index is 0.601. The van der Waals surface area contributed by atoms with E-state index in [2.05, 4.69) is 29.2 Å². The summed E-state index contributed by atoms with van der Waals surface area (Å²) in [5.41, 5.74) is 0. The highest BCUT2D eigenvalue weighted by molar-refractivity contribution is 4.82. The third-order valence-electron chi connectivity index (χ3n) is 2.21. The molecule has 0 saturated carbocycles. The van der Waals surface area contributed by atoms with E-state index < -0.39 is 0 Å². The van der Waals surface area contributed by atoms with Gasteiger partial charge >= 0.3 is 0 Å². The molecule has 1 aromatic rings. The molecule has 4 heteroatoms. The summed E-state index contributed by atoms with van der Waals surface area (Å²) in [4.78, 5) is 4.17. The number of aryl methyl sites for hydroxylation is 1. The smallest absolute Gasteiger partial charge is 0.151 e. The van der Waals surface area contributed by atoms with Gasteiger partial charge in [-0.2, -0.15) is 5.10 Å². The Hall–Kier alpha value is -0.900. The Labute approximate surface area is 85.7 Å². The van der Waals surface area contributed by atoms with Crippen LogP contribution >= 0.6 is 0 Å². The highest BCUT2D eigenvalue weighted by Crippen LogP contribution is 1.95. The van der Waals surface area contributed by atoms with Crippen LogP contribution in [0.4, 0.5) is 0 Å². The molecule has 4 nitrogen and oxygen atoms in total. The fraction of sp³-hybridized carbons (Fsp3) is 0.800. The van der Waals surface area contributed by atoms with Crippen molar-refractivity contribution in [1.29, 1.82) is 0 Å². The van der Waals surface area contributed by atoms with Crippen molar-refractivity contribution in [3.05, 3.63) is 12.2 Å². The van der Waals surface area contributed by atoms with Crippen LogP contribution in [-0.2, 0) is 13.5 Å². The van der Waals surface area contributed by atoms with Crippen LogP contribution in [0.5, 0.6) is 0 Å². The maximum Gasteiger partial charge on any atom is 0.151 e. The van der Waals surface area contributed by atoms with Crippen molar-refractivity contribution in [2.45, 2.75) is 39.2 Å². The fourth-order valence-electron chi connectivity index (χ4n) is 1.46. The molecule has 0 fully saturated rings. The third kappa shape index (κ3) is 3.87. The number of aromatic nitrogens is 3. The largest absolute Gasteiger partial charge is 0.314 e. The van der Waals surface area contributed by atoms with Gasteiger partial charge in [-0.05, 0) is 13.3 Å². The normalized spacial score (nSPS) is 13.1. The van der Waals surface area contributed by atoms with Crippen LogP contribution in [0, 0.1) is 0 Å². The highest BCUT2D eigenvalue weighted by atomic mass is 15.3. The monoisotopic (exact) mass is 196 g/mol. The summed E-state index contributed by atoms with van der Waals surface area (Å²) in [6.45, 7) is 5.39. The Balaban J connectivity index is 2.15. The van der Waals surface area contributed by atoms with Crippen molar-refractivity contribution in [3.8, 4) is 0 Å². The van der Waals surface area contributed by atoms with E-state index >= 15 is 0 Å². The molecule has 1 atom stereocenters. The lowest BCUT2D eigenvalue weighted by atomic mass is 10.2. The Morgan fingerprint density at radius 2 is 2.36 bits per heavy atom. The lowest BCUT2D eigenvalue weighted by Crippen LogP contribution is -2.28. The maximum atomic E-state index is 4.22. The van der Waals surface area contributed by atoms with Crippen LogP contribution in [-0.4, -0.2) is 27.4 Å². The molecule has 0 bridgehead atoms. The van der Waals surface area contributed by atoms with Crippen molar-refractivity contribution >= 4 is 0 Å². The van der Waals surface area contributed by atoms with Crippen molar-refractivity contribution in [3.63, 3.8) is 0 Å². The van der Waals surface area contributed by atoms with Crippen molar-refractivity contribution in [2.24, 2.45) is 7.05 Å². The van der Waals surface area contributed by atoms with E-state index in [-0.39, 0.29) is 0 Å². The number of nitrogens with one attached hydrogen (secondary N) is 1. The zero-order valence-corrected chi connectivity index (χ0v) is 9.32. The molecular weight excluding hydrogens is 176 g/mol. The second-order valence-corrected chi connectivity index (χ2v) is 3.73. The van der Waals surface area contributed by atoms with Crippen LogP contribution in [0.2, 0.25) is 0 Å². The van der Waals surface area contributed by atoms with Crippen molar-refractivity contribution < 1.29 is 0 Å². The molecule has 14 heavy (non-hydrogen) atoms. The number of hydrogen-bond donors (Lipinski definition) is 1. The van der Waals surface area contributed by atoms with Gasteiger partial charge in [-0.25, -0.2) is 4.98 Å². The highest BCUT2D eigenvalue weighted by Gasteiger charge is 2.01. The standard InChI is InChI=1S/C10H20N4/c1-4-5-9(2)11-7-6-10-12-8-14(3)13-10/h8-9,11H,4-7H2,1-3H3. The molecule has 80 valence electrons. The van der Waals surface area contributed by atoms with Gasteiger partial charge in [-0.1, -0.05) is 13.3 Å². The van der Waals surface area contributed by atoms with E-state index in [1.54, 1.807) is 11.0 Å². The molecule has 0 aliphatic carbocycles. The van der Waals surface area contributed by atoms with Crippen LogP contribution in [0.3, 0.4) is 0 Å².